The molecule has 0 saturated heterocycles. The summed E-state index contributed by atoms with van der Waals surface area (Å²) in [6.45, 7) is 0. The van der Waals surface area contributed by atoms with Crippen LogP contribution in [0.15, 0.2) is 18.2 Å². The van der Waals surface area contributed by atoms with Gasteiger partial charge < -0.3 is 9.30 Å². The summed E-state index contributed by atoms with van der Waals surface area (Å²) in [7, 11) is 0.0652. The van der Waals surface area contributed by atoms with Gasteiger partial charge in [-0.2, -0.15) is 0 Å². The van der Waals surface area contributed by atoms with Crippen molar-refractivity contribution >= 4 is 31.4 Å². The van der Waals surface area contributed by atoms with Gasteiger partial charge >= 0.3 is 0 Å². The molecule has 1 fully saturated rings. The van der Waals surface area contributed by atoms with Crippen LogP contribution in [0, 0.1) is 0 Å². The summed E-state index contributed by atoms with van der Waals surface area (Å²) >= 11 is 1.38. The van der Waals surface area contributed by atoms with Gasteiger partial charge in [0, 0.05) is 13.0 Å². The Hall–Kier alpha value is -2.00. The van der Waals surface area contributed by atoms with E-state index in [9.17, 15) is 8.42 Å². The summed E-state index contributed by atoms with van der Waals surface area (Å²) < 4.78 is 33.1. The first-order valence-corrected chi connectivity index (χ1v) is 10.6. The molecule has 0 radical (unpaired) electrons. The van der Waals surface area contributed by atoms with Crippen LogP contribution in [-0.2, 0) is 28.4 Å². The third kappa shape index (κ3) is 3.38. The van der Waals surface area contributed by atoms with Gasteiger partial charge in [0.25, 0.3) is 0 Å². The first-order valence-electron chi connectivity index (χ1n) is 7.97. The van der Waals surface area contributed by atoms with Crippen LogP contribution in [0.5, 0.6) is 5.75 Å². The van der Waals surface area contributed by atoms with Crippen molar-refractivity contribution in [3.63, 3.8) is 0 Å². The number of nitrogens with zero attached hydrogens (tertiary/aromatic N) is 4. The van der Waals surface area contributed by atoms with E-state index in [0.29, 0.717) is 16.7 Å². The van der Waals surface area contributed by atoms with E-state index in [4.69, 9.17) is 4.74 Å². The van der Waals surface area contributed by atoms with Crippen molar-refractivity contribution in [2.24, 2.45) is 7.05 Å². The maximum absolute atomic E-state index is 12.6. The molecule has 0 unspecified atom stereocenters. The smallest absolute Gasteiger partial charge is 0.164 e. The molecule has 1 saturated carbocycles. The second kappa shape index (κ2) is 6.06. The number of hydrogen-bond donors (Lipinski definition) is 0. The molecule has 0 spiro atoms. The van der Waals surface area contributed by atoms with E-state index in [2.05, 4.69) is 15.2 Å². The normalized spacial score (nSPS) is 15.0. The number of ether oxygens (including phenoxy) is 1. The summed E-state index contributed by atoms with van der Waals surface area (Å²) in [4.78, 5) is 4.42. The van der Waals surface area contributed by atoms with Crippen LogP contribution < -0.4 is 4.74 Å². The standard InChI is InChI=1S/C16H18N4O3S2/c1-20-14(18-19-16(20)10-3-4-10)8-25(21,22)9-15-17-12-6-5-11(23-2)7-13(12)24-15/h5-7,10H,3-4,8-9H2,1-2H3. The molecule has 0 N–H and O–H groups in total. The van der Waals surface area contributed by atoms with E-state index in [0.717, 1.165) is 34.6 Å². The van der Waals surface area contributed by atoms with Crippen LogP contribution in [0.4, 0.5) is 0 Å². The molecule has 25 heavy (non-hydrogen) atoms. The molecular formula is C16H18N4O3S2. The van der Waals surface area contributed by atoms with Gasteiger partial charge in [-0.25, -0.2) is 13.4 Å². The fourth-order valence-electron chi connectivity index (χ4n) is 2.78. The molecule has 4 rings (SSSR count). The van der Waals surface area contributed by atoms with E-state index < -0.39 is 9.84 Å². The lowest BCUT2D eigenvalue weighted by atomic mass is 10.3. The molecule has 0 atom stereocenters. The number of methoxy groups -OCH3 is 1. The molecule has 1 aliphatic carbocycles. The topological polar surface area (TPSA) is 87.0 Å². The molecule has 9 heteroatoms. The minimum absolute atomic E-state index is 0.0969. The van der Waals surface area contributed by atoms with E-state index in [1.165, 1.54) is 11.3 Å². The van der Waals surface area contributed by atoms with Crippen LogP contribution in [0.25, 0.3) is 10.2 Å². The van der Waals surface area contributed by atoms with E-state index in [1.54, 1.807) is 7.11 Å². The highest BCUT2D eigenvalue weighted by atomic mass is 32.2. The zero-order chi connectivity index (χ0) is 17.6. The summed E-state index contributed by atoms with van der Waals surface area (Å²) in [5.74, 6) is 2.33. The third-order valence-corrected chi connectivity index (χ3v) is 6.89. The maximum atomic E-state index is 12.6. The molecule has 0 bridgehead atoms. The Morgan fingerprint density at radius 3 is 2.80 bits per heavy atom. The number of sulfone groups is 1. The molecule has 1 aliphatic rings. The van der Waals surface area contributed by atoms with Crippen molar-refractivity contribution in [1.82, 2.24) is 19.7 Å². The molecule has 2 heterocycles. The highest BCUT2D eigenvalue weighted by molar-refractivity contribution is 7.89. The van der Waals surface area contributed by atoms with Gasteiger partial charge in [-0.1, -0.05) is 0 Å². The second-order valence-electron chi connectivity index (χ2n) is 6.28. The van der Waals surface area contributed by atoms with Gasteiger partial charge in [-0.05, 0) is 31.0 Å². The van der Waals surface area contributed by atoms with Crippen molar-refractivity contribution in [1.29, 1.82) is 0 Å². The number of thiazole rings is 1. The fraction of sp³-hybridized carbons (Fsp3) is 0.438. The molecule has 3 aromatic rings. The lowest BCUT2D eigenvalue weighted by Gasteiger charge is -2.03. The Balaban J connectivity index is 1.54. The molecule has 132 valence electrons. The predicted molar refractivity (Wildman–Crippen MR) is 95.5 cm³/mol. The van der Waals surface area contributed by atoms with Gasteiger partial charge in [0.05, 0.1) is 17.3 Å². The lowest BCUT2D eigenvalue weighted by Crippen LogP contribution is -2.12. The van der Waals surface area contributed by atoms with E-state index in [1.807, 2.05) is 29.8 Å². The highest BCUT2D eigenvalue weighted by Gasteiger charge is 2.30. The van der Waals surface area contributed by atoms with Crippen molar-refractivity contribution < 1.29 is 13.2 Å². The first-order chi connectivity index (χ1) is 11.9. The number of rotatable bonds is 6. The van der Waals surface area contributed by atoms with Crippen LogP contribution in [-0.4, -0.2) is 35.3 Å². The lowest BCUT2D eigenvalue weighted by molar-refractivity contribution is 0.415. The van der Waals surface area contributed by atoms with Gasteiger partial charge in [0.2, 0.25) is 0 Å². The Morgan fingerprint density at radius 1 is 1.28 bits per heavy atom. The van der Waals surface area contributed by atoms with E-state index >= 15 is 0 Å². The second-order valence-corrected chi connectivity index (χ2v) is 9.46. The minimum Gasteiger partial charge on any atom is -0.497 e. The van der Waals surface area contributed by atoms with Crippen molar-refractivity contribution in [3.8, 4) is 5.75 Å². The molecular weight excluding hydrogens is 360 g/mol. The zero-order valence-electron chi connectivity index (χ0n) is 14.0. The monoisotopic (exact) mass is 378 g/mol. The Morgan fingerprint density at radius 2 is 2.08 bits per heavy atom. The summed E-state index contributed by atoms with van der Waals surface area (Å²) in [6, 6.07) is 5.53. The van der Waals surface area contributed by atoms with Gasteiger partial charge in [-0.3, -0.25) is 0 Å². The molecule has 2 aromatic heterocycles. The molecule has 0 aliphatic heterocycles. The molecule has 7 nitrogen and oxygen atoms in total. The van der Waals surface area contributed by atoms with Gasteiger partial charge in [0.15, 0.2) is 9.84 Å². The maximum Gasteiger partial charge on any atom is 0.164 e. The van der Waals surface area contributed by atoms with Gasteiger partial charge in [0.1, 0.15) is 33.9 Å². The summed E-state index contributed by atoms with van der Waals surface area (Å²) in [5.41, 5.74) is 0.783. The Bertz CT molecular complexity index is 1040. The fourth-order valence-corrected chi connectivity index (χ4v) is 5.53. The number of aromatic nitrogens is 4. The average molecular weight is 378 g/mol. The average Bonchev–Trinajstić information content (AvgIpc) is 3.24. The molecule has 0 amide bonds. The number of hydrogen-bond acceptors (Lipinski definition) is 7. The summed E-state index contributed by atoms with van der Waals surface area (Å²) in [5, 5.41) is 8.79. The van der Waals surface area contributed by atoms with Crippen LogP contribution in [0.2, 0.25) is 0 Å². The van der Waals surface area contributed by atoms with E-state index in [-0.39, 0.29) is 11.5 Å². The van der Waals surface area contributed by atoms with Crippen LogP contribution >= 0.6 is 11.3 Å². The predicted octanol–water partition coefficient (Wildman–Crippen LogP) is 2.43. The van der Waals surface area contributed by atoms with Crippen LogP contribution in [0.1, 0.15) is 35.4 Å². The largest absolute Gasteiger partial charge is 0.497 e. The van der Waals surface area contributed by atoms with Gasteiger partial charge in [-0.15, -0.1) is 21.5 Å². The highest BCUT2D eigenvalue weighted by Crippen LogP contribution is 2.38. The zero-order valence-corrected chi connectivity index (χ0v) is 15.6. The quantitative estimate of drug-likeness (QED) is 0.655. The Labute approximate surface area is 149 Å². The van der Waals surface area contributed by atoms with Crippen molar-refractivity contribution in [3.05, 3.63) is 34.9 Å². The minimum atomic E-state index is -3.37. The first kappa shape index (κ1) is 16.5. The number of benzene rings is 1. The van der Waals surface area contributed by atoms with Crippen molar-refractivity contribution in [2.75, 3.05) is 7.11 Å². The number of fused-ring (bicyclic) bond motifs is 1. The SMILES string of the molecule is COc1ccc2nc(CS(=O)(=O)Cc3nnc(C4CC4)n3C)sc2c1. The van der Waals surface area contributed by atoms with Crippen LogP contribution in [0.3, 0.4) is 0 Å². The Kier molecular flexibility index (Phi) is 3.99. The third-order valence-electron chi connectivity index (χ3n) is 4.27. The molecule has 1 aromatic carbocycles. The van der Waals surface area contributed by atoms with Crippen molar-refractivity contribution in [2.45, 2.75) is 30.3 Å². The summed E-state index contributed by atoms with van der Waals surface area (Å²) in [6.07, 6.45) is 2.21.